The number of amides is 1. The predicted octanol–water partition coefficient (Wildman–Crippen LogP) is 2.19. The molecular weight excluding hydrogens is 267 g/mol. The van der Waals surface area contributed by atoms with E-state index in [1.807, 2.05) is 0 Å². The third kappa shape index (κ3) is 2.47. The minimum absolute atomic E-state index is 0.0733. The quantitative estimate of drug-likeness (QED) is 0.902. The van der Waals surface area contributed by atoms with Crippen LogP contribution < -0.4 is 5.32 Å². The Labute approximate surface area is 116 Å². The third-order valence-electron chi connectivity index (χ3n) is 4.01. The summed E-state index contributed by atoms with van der Waals surface area (Å²) in [6.45, 7) is 1.97. The van der Waals surface area contributed by atoms with Gasteiger partial charge in [-0.05, 0) is 31.5 Å². The Morgan fingerprint density at radius 2 is 2.32 bits per heavy atom. The number of hydrogen-bond acceptors (Lipinski definition) is 2. The molecule has 0 bridgehead atoms. The Morgan fingerprint density at radius 1 is 1.47 bits per heavy atom. The van der Waals surface area contributed by atoms with Gasteiger partial charge in [-0.25, -0.2) is 4.39 Å². The van der Waals surface area contributed by atoms with Crippen LogP contribution >= 0.6 is 11.6 Å². The van der Waals surface area contributed by atoms with Gasteiger partial charge in [-0.2, -0.15) is 0 Å². The Bertz CT molecular complexity index is 508. The first kappa shape index (κ1) is 12.9. The number of hydrogen-bond donors (Lipinski definition) is 1. The average Bonchev–Trinajstić information content (AvgIpc) is 2.70. The van der Waals surface area contributed by atoms with Crippen molar-refractivity contribution in [2.24, 2.45) is 5.92 Å². The van der Waals surface area contributed by atoms with E-state index in [2.05, 4.69) is 5.32 Å². The van der Waals surface area contributed by atoms with Crippen LogP contribution in [-0.2, 0) is 11.3 Å². The predicted molar refractivity (Wildman–Crippen MR) is 71.3 cm³/mol. The SMILES string of the molecule is O=C1C2CCCNC2CN1Cc1ccc(Cl)cc1F. The van der Waals surface area contributed by atoms with Gasteiger partial charge in [-0.15, -0.1) is 0 Å². The maximum Gasteiger partial charge on any atom is 0.227 e. The number of carbonyl (C=O) groups excluding carboxylic acids is 1. The highest BCUT2D eigenvalue weighted by molar-refractivity contribution is 6.30. The summed E-state index contributed by atoms with van der Waals surface area (Å²) in [6, 6.07) is 4.84. The number of benzene rings is 1. The van der Waals surface area contributed by atoms with Crippen molar-refractivity contribution in [1.82, 2.24) is 10.2 Å². The first-order valence-corrected chi connectivity index (χ1v) is 6.99. The summed E-state index contributed by atoms with van der Waals surface area (Å²) in [4.78, 5) is 14.0. The van der Waals surface area contributed by atoms with Gasteiger partial charge in [-0.1, -0.05) is 17.7 Å². The molecule has 0 aliphatic carbocycles. The summed E-state index contributed by atoms with van der Waals surface area (Å²) in [5.74, 6) is -0.126. The Morgan fingerprint density at radius 3 is 3.05 bits per heavy atom. The second kappa shape index (κ2) is 5.10. The molecule has 0 radical (unpaired) electrons. The first-order chi connectivity index (χ1) is 9.15. The largest absolute Gasteiger partial charge is 0.336 e. The van der Waals surface area contributed by atoms with E-state index in [1.165, 1.54) is 6.07 Å². The fourth-order valence-corrected chi connectivity index (χ4v) is 3.16. The molecule has 102 valence electrons. The number of carbonyl (C=O) groups is 1. The summed E-state index contributed by atoms with van der Waals surface area (Å²) < 4.78 is 13.8. The molecule has 19 heavy (non-hydrogen) atoms. The van der Waals surface area contributed by atoms with Crippen molar-refractivity contribution >= 4 is 17.5 Å². The summed E-state index contributed by atoms with van der Waals surface area (Å²) in [5, 5.41) is 3.75. The van der Waals surface area contributed by atoms with E-state index in [-0.39, 0.29) is 23.7 Å². The molecule has 2 atom stereocenters. The van der Waals surface area contributed by atoms with Gasteiger partial charge < -0.3 is 10.2 Å². The van der Waals surface area contributed by atoms with Crippen molar-refractivity contribution in [1.29, 1.82) is 0 Å². The van der Waals surface area contributed by atoms with E-state index in [0.717, 1.165) is 19.4 Å². The van der Waals surface area contributed by atoms with Crippen LogP contribution in [0.5, 0.6) is 0 Å². The Hall–Kier alpha value is -1.13. The van der Waals surface area contributed by atoms with Crippen LogP contribution in [-0.4, -0.2) is 29.9 Å². The number of piperidine rings is 1. The zero-order valence-corrected chi connectivity index (χ0v) is 11.3. The minimum Gasteiger partial charge on any atom is -0.336 e. The number of likely N-dealkylation sites (tertiary alicyclic amines) is 1. The van der Waals surface area contributed by atoms with E-state index in [4.69, 9.17) is 11.6 Å². The molecule has 0 spiro atoms. The fourth-order valence-electron chi connectivity index (χ4n) is 3.00. The number of nitrogens with zero attached hydrogens (tertiary/aromatic N) is 1. The lowest BCUT2D eigenvalue weighted by Gasteiger charge is -2.23. The molecule has 1 N–H and O–H groups in total. The van der Waals surface area contributed by atoms with Gasteiger partial charge in [0.25, 0.3) is 0 Å². The molecule has 2 saturated heterocycles. The van der Waals surface area contributed by atoms with Gasteiger partial charge in [0.1, 0.15) is 5.82 Å². The second-order valence-electron chi connectivity index (χ2n) is 5.26. The van der Waals surface area contributed by atoms with Crippen LogP contribution in [0.25, 0.3) is 0 Å². The van der Waals surface area contributed by atoms with Gasteiger partial charge in [0.05, 0.1) is 5.92 Å². The molecule has 1 aromatic rings. The highest BCUT2D eigenvalue weighted by Crippen LogP contribution is 2.28. The third-order valence-corrected chi connectivity index (χ3v) is 4.24. The molecule has 5 heteroatoms. The van der Waals surface area contributed by atoms with E-state index in [9.17, 15) is 9.18 Å². The normalized spacial score (nSPS) is 26.6. The highest BCUT2D eigenvalue weighted by atomic mass is 35.5. The molecule has 1 aromatic carbocycles. The summed E-state index contributed by atoms with van der Waals surface area (Å²) in [5.41, 5.74) is 0.524. The average molecular weight is 283 g/mol. The van der Waals surface area contributed by atoms with E-state index < -0.39 is 0 Å². The van der Waals surface area contributed by atoms with Crippen molar-refractivity contribution in [2.45, 2.75) is 25.4 Å². The monoisotopic (exact) mass is 282 g/mol. The molecule has 2 fully saturated rings. The van der Waals surface area contributed by atoms with E-state index in [0.29, 0.717) is 23.7 Å². The lowest BCUT2D eigenvalue weighted by molar-refractivity contribution is -0.131. The van der Waals surface area contributed by atoms with Crippen LogP contribution in [0.3, 0.4) is 0 Å². The van der Waals surface area contributed by atoms with Crippen LogP contribution in [0.4, 0.5) is 4.39 Å². The fraction of sp³-hybridized carbons (Fsp3) is 0.500. The minimum atomic E-state index is -0.344. The zero-order valence-electron chi connectivity index (χ0n) is 10.5. The number of fused-ring (bicyclic) bond motifs is 1. The van der Waals surface area contributed by atoms with Gasteiger partial charge in [0.15, 0.2) is 0 Å². The zero-order chi connectivity index (χ0) is 13.4. The smallest absolute Gasteiger partial charge is 0.227 e. The van der Waals surface area contributed by atoms with Crippen molar-refractivity contribution in [3.05, 3.63) is 34.6 Å². The lowest BCUT2D eigenvalue weighted by atomic mass is 9.94. The molecule has 2 aliphatic heterocycles. The van der Waals surface area contributed by atoms with Gasteiger partial charge in [0, 0.05) is 29.7 Å². The summed E-state index contributed by atoms with van der Waals surface area (Å²) in [7, 11) is 0. The highest BCUT2D eigenvalue weighted by Gasteiger charge is 2.41. The number of nitrogens with one attached hydrogen (secondary N) is 1. The second-order valence-corrected chi connectivity index (χ2v) is 5.70. The number of halogens is 2. The molecule has 3 nitrogen and oxygen atoms in total. The van der Waals surface area contributed by atoms with Crippen LogP contribution in [0, 0.1) is 11.7 Å². The van der Waals surface area contributed by atoms with Crippen molar-refractivity contribution < 1.29 is 9.18 Å². The van der Waals surface area contributed by atoms with Crippen molar-refractivity contribution in [3.8, 4) is 0 Å². The van der Waals surface area contributed by atoms with E-state index in [1.54, 1.807) is 17.0 Å². The Balaban J connectivity index is 1.75. The van der Waals surface area contributed by atoms with Crippen LogP contribution in [0.1, 0.15) is 18.4 Å². The maximum absolute atomic E-state index is 13.8. The van der Waals surface area contributed by atoms with Crippen molar-refractivity contribution in [3.63, 3.8) is 0 Å². The molecule has 1 amide bonds. The summed E-state index contributed by atoms with van der Waals surface area (Å²) in [6.07, 6.45) is 1.98. The van der Waals surface area contributed by atoms with Crippen LogP contribution in [0.2, 0.25) is 5.02 Å². The molecule has 2 heterocycles. The maximum atomic E-state index is 13.8. The molecule has 0 aromatic heterocycles. The van der Waals surface area contributed by atoms with Crippen LogP contribution in [0.15, 0.2) is 18.2 Å². The number of rotatable bonds is 2. The molecule has 2 aliphatic rings. The van der Waals surface area contributed by atoms with E-state index >= 15 is 0 Å². The topological polar surface area (TPSA) is 32.3 Å². The summed E-state index contributed by atoms with van der Waals surface area (Å²) >= 11 is 5.73. The lowest BCUT2D eigenvalue weighted by Crippen LogP contribution is -2.41. The van der Waals surface area contributed by atoms with Gasteiger partial charge in [-0.3, -0.25) is 4.79 Å². The van der Waals surface area contributed by atoms with Gasteiger partial charge in [0.2, 0.25) is 5.91 Å². The van der Waals surface area contributed by atoms with Gasteiger partial charge >= 0.3 is 0 Å². The van der Waals surface area contributed by atoms with Crippen molar-refractivity contribution in [2.75, 3.05) is 13.1 Å². The molecule has 0 saturated carbocycles. The first-order valence-electron chi connectivity index (χ1n) is 6.61. The Kier molecular flexibility index (Phi) is 3.46. The standard InChI is InChI=1S/C14H16ClFN2O/c15-10-4-3-9(12(16)6-10)7-18-8-13-11(14(18)19)2-1-5-17-13/h3-4,6,11,13,17H,1-2,5,7-8H2. The molecule has 3 rings (SSSR count). The molecular formula is C14H16ClFN2O. The molecule has 2 unspecified atom stereocenters.